The zero-order valence-electron chi connectivity index (χ0n) is 18.6. The summed E-state index contributed by atoms with van der Waals surface area (Å²) < 4.78 is 6.08. The largest absolute Gasteiger partial charge is 0.507 e. The lowest BCUT2D eigenvalue weighted by atomic mass is 10.0. The number of hydrogen-bond acceptors (Lipinski definition) is 4. The van der Waals surface area contributed by atoms with Gasteiger partial charge in [-0.1, -0.05) is 45.9 Å². The van der Waals surface area contributed by atoms with E-state index < -0.39 is 0 Å². The molecule has 2 heterocycles. The average Bonchev–Trinajstić information content (AvgIpc) is 3.25. The number of phenolic OH excluding ortho intramolecular Hbond substituents is 1. The van der Waals surface area contributed by atoms with Gasteiger partial charge >= 0.3 is 0 Å². The molecule has 0 aliphatic carbocycles. The third-order valence-corrected chi connectivity index (χ3v) is 5.45. The predicted molar refractivity (Wildman–Crippen MR) is 124 cm³/mol. The number of para-hydroxylation sites is 1. The molecule has 0 unspecified atom stereocenters. The number of ketones is 1. The van der Waals surface area contributed by atoms with Gasteiger partial charge in [-0.3, -0.25) is 9.69 Å². The van der Waals surface area contributed by atoms with Gasteiger partial charge in [0.2, 0.25) is 5.78 Å². The number of nitrogens with zero attached hydrogens (tertiary/aromatic N) is 1. The molecule has 31 heavy (non-hydrogen) atoms. The Bertz CT molecular complexity index is 1130. The van der Waals surface area contributed by atoms with E-state index in [9.17, 15) is 9.90 Å². The van der Waals surface area contributed by atoms with Crippen LogP contribution < -0.4 is 4.74 Å². The van der Waals surface area contributed by atoms with Crippen LogP contribution in [0.15, 0.2) is 48.4 Å². The van der Waals surface area contributed by atoms with Gasteiger partial charge < -0.3 is 14.8 Å². The minimum Gasteiger partial charge on any atom is -0.507 e. The Morgan fingerprint density at radius 3 is 2.48 bits per heavy atom. The van der Waals surface area contributed by atoms with Crippen LogP contribution in [0.2, 0.25) is 0 Å². The summed E-state index contributed by atoms with van der Waals surface area (Å²) in [6, 6.07) is 11.2. The van der Waals surface area contributed by atoms with Gasteiger partial charge in [-0.15, -0.1) is 0 Å². The highest BCUT2D eigenvalue weighted by Gasteiger charge is 2.32. The molecule has 5 nitrogen and oxygen atoms in total. The minimum atomic E-state index is -0.152. The zero-order valence-corrected chi connectivity index (χ0v) is 18.6. The summed E-state index contributed by atoms with van der Waals surface area (Å²) in [6.45, 7) is 11.1. The number of fused-ring (bicyclic) bond motifs is 2. The number of hydrogen-bond donors (Lipinski definition) is 2. The molecule has 0 atom stereocenters. The number of aromatic amines is 1. The van der Waals surface area contributed by atoms with Crippen molar-refractivity contribution in [2.75, 3.05) is 13.1 Å². The maximum Gasteiger partial charge on any atom is 0.231 e. The van der Waals surface area contributed by atoms with Crippen molar-refractivity contribution < 1.29 is 14.6 Å². The first-order valence-electron chi connectivity index (χ1n) is 10.9. The fourth-order valence-electron chi connectivity index (χ4n) is 4.26. The van der Waals surface area contributed by atoms with Crippen LogP contribution in [0.5, 0.6) is 11.5 Å². The number of aromatic hydroxyl groups is 1. The molecule has 3 aromatic rings. The van der Waals surface area contributed by atoms with Crippen molar-refractivity contribution in [1.29, 1.82) is 0 Å². The van der Waals surface area contributed by atoms with Crippen molar-refractivity contribution in [3.05, 3.63) is 65.0 Å². The SMILES string of the molecule is CC(C)CN(Cc1c(O)ccc2c1O/C(=C/c1c[nH]c3ccccc13)C2=O)CC(C)C. The van der Waals surface area contributed by atoms with Gasteiger partial charge in [0.15, 0.2) is 5.76 Å². The van der Waals surface area contributed by atoms with Crippen molar-refractivity contribution in [3.8, 4) is 11.5 Å². The molecule has 0 saturated carbocycles. The number of aromatic nitrogens is 1. The summed E-state index contributed by atoms with van der Waals surface area (Å²) in [5.74, 6) is 1.77. The maximum absolute atomic E-state index is 13.1. The fraction of sp³-hybridized carbons (Fsp3) is 0.346. The molecule has 0 amide bonds. The molecule has 2 N–H and O–H groups in total. The minimum absolute atomic E-state index is 0.152. The Balaban J connectivity index is 1.68. The summed E-state index contributed by atoms with van der Waals surface area (Å²) in [5, 5.41) is 11.7. The number of ether oxygens (including phenoxy) is 1. The Morgan fingerprint density at radius 1 is 1.06 bits per heavy atom. The van der Waals surface area contributed by atoms with Crippen molar-refractivity contribution >= 4 is 22.8 Å². The molecule has 4 rings (SSSR count). The van der Waals surface area contributed by atoms with Crippen molar-refractivity contribution in [2.45, 2.75) is 34.2 Å². The Hall–Kier alpha value is -3.05. The topological polar surface area (TPSA) is 65.6 Å². The number of phenols is 1. The quantitative estimate of drug-likeness (QED) is 0.490. The summed E-state index contributed by atoms with van der Waals surface area (Å²) in [5.41, 5.74) is 3.09. The number of carbonyl (C=O) groups is 1. The molecule has 0 fully saturated rings. The smallest absolute Gasteiger partial charge is 0.231 e. The monoisotopic (exact) mass is 418 g/mol. The molecule has 0 spiro atoms. The first kappa shape index (κ1) is 21.2. The number of carbonyl (C=O) groups excluding carboxylic acids is 1. The number of benzene rings is 2. The third-order valence-electron chi connectivity index (χ3n) is 5.45. The van der Waals surface area contributed by atoms with Gasteiger partial charge in [0.25, 0.3) is 0 Å². The summed E-state index contributed by atoms with van der Waals surface area (Å²) >= 11 is 0. The van der Waals surface area contributed by atoms with Crippen molar-refractivity contribution in [3.63, 3.8) is 0 Å². The zero-order chi connectivity index (χ0) is 22.1. The van der Waals surface area contributed by atoms with Crippen molar-refractivity contribution in [2.24, 2.45) is 11.8 Å². The summed E-state index contributed by atoms with van der Waals surface area (Å²) in [4.78, 5) is 18.6. The van der Waals surface area contributed by atoms with Gasteiger partial charge in [0.05, 0.1) is 11.1 Å². The van der Waals surface area contributed by atoms with Gasteiger partial charge in [0, 0.05) is 42.3 Å². The first-order valence-corrected chi connectivity index (χ1v) is 10.9. The van der Waals surface area contributed by atoms with Crippen molar-refractivity contribution in [1.82, 2.24) is 9.88 Å². The molecule has 1 aliphatic heterocycles. The molecule has 2 aromatic carbocycles. The second-order valence-electron chi connectivity index (χ2n) is 9.15. The van der Waals surface area contributed by atoms with E-state index in [1.54, 1.807) is 18.2 Å². The van der Waals surface area contributed by atoms with E-state index in [-0.39, 0.29) is 17.3 Å². The first-order chi connectivity index (χ1) is 14.8. The average molecular weight is 419 g/mol. The molecule has 0 saturated heterocycles. The maximum atomic E-state index is 13.1. The van der Waals surface area contributed by atoms with Crippen LogP contribution in [0.25, 0.3) is 17.0 Å². The lowest BCUT2D eigenvalue weighted by Crippen LogP contribution is -2.31. The van der Waals surface area contributed by atoms with E-state index in [0.717, 1.165) is 29.6 Å². The highest BCUT2D eigenvalue weighted by Crippen LogP contribution is 2.40. The lowest BCUT2D eigenvalue weighted by Gasteiger charge is -2.27. The highest BCUT2D eigenvalue weighted by atomic mass is 16.5. The number of H-pyrrole nitrogens is 1. The van der Waals surface area contributed by atoms with E-state index in [1.807, 2.05) is 30.5 Å². The molecular weight excluding hydrogens is 388 g/mol. The van der Waals surface area contributed by atoms with E-state index in [2.05, 4.69) is 37.6 Å². The standard InChI is InChI=1S/C26H30N2O3/c1-16(2)13-28(14-17(3)4)15-21-23(29)10-9-20-25(30)24(31-26(20)21)11-18-12-27-22-8-6-5-7-19(18)22/h5-12,16-17,27,29H,13-15H2,1-4H3/b24-11+. The Kier molecular flexibility index (Phi) is 5.88. The Morgan fingerprint density at radius 2 is 1.77 bits per heavy atom. The van der Waals surface area contributed by atoms with Gasteiger partial charge in [-0.05, 0) is 36.1 Å². The van der Waals surface area contributed by atoms with Crippen LogP contribution in [0.4, 0.5) is 0 Å². The van der Waals surface area contributed by atoms with E-state index in [4.69, 9.17) is 4.74 Å². The molecule has 1 aliphatic rings. The molecule has 0 radical (unpaired) electrons. The molecule has 1 aromatic heterocycles. The molecular formula is C26H30N2O3. The van der Waals surface area contributed by atoms with Gasteiger partial charge in [-0.2, -0.15) is 0 Å². The lowest BCUT2D eigenvalue weighted by molar-refractivity contribution is 0.101. The fourth-order valence-corrected chi connectivity index (χ4v) is 4.26. The molecule has 0 bridgehead atoms. The van der Waals surface area contributed by atoms with Crippen LogP contribution in [-0.2, 0) is 6.54 Å². The number of nitrogens with one attached hydrogen (secondary N) is 1. The van der Waals surface area contributed by atoms with Crippen LogP contribution in [0, 0.1) is 11.8 Å². The van der Waals surface area contributed by atoms with Gasteiger partial charge in [0.1, 0.15) is 11.5 Å². The predicted octanol–water partition coefficient (Wildman–Crippen LogP) is 5.60. The number of allylic oxidation sites excluding steroid dienone is 1. The van der Waals surface area contributed by atoms with Crippen LogP contribution in [-0.4, -0.2) is 33.9 Å². The molecule has 162 valence electrons. The van der Waals surface area contributed by atoms with Crippen LogP contribution >= 0.6 is 0 Å². The Labute approximate surface area is 183 Å². The third kappa shape index (κ3) is 4.37. The number of Topliss-reactive ketones (excluding diaryl/α,β-unsaturated/α-hetero) is 1. The summed E-state index contributed by atoms with van der Waals surface area (Å²) in [6.07, 6.45) is 3.66. The second kappa shape index (κ2) is 8.60. The normalized spacial score (nSPS) is 14.9. The number of rotatable bonds is 7. The molecule has 5 heteroatoms. The van der Waals surface area contributed by atoms with E-state index in [0.29, 0.717) is 35.3 Å². The van der Waals surface area contributed by atoms with Crippen LogP contribution in [0.3, 0.4) is 0 Å². The van der Waals surface area contributed by atoms with E-state index >= 15 is 0 Å². The van der Waals surface area contributed by atoms with Crippen LogP contribution in [0.1, 0.15) is 49.2 Å². The van der Waals surface area contributed by atoms with Gasteiger partial charge in [-0.25, -0.2) is 0 Å². The second-order valence-corrected chi connectivity index (χ2v) is 9.15. The van der Waals surface area contributed by atoms with E-state index in [1.165, 1.54) is 0 Å². The summed E-state index contributed by atoms with van der Waals surface area (Å²) in [7, 11) is 0. The highest BCUT2D eigenvalue weighted by molar-refractivity contribution is 6.15.